The molecule has 1 atom stereocenters. The van der Waals surface area contributed by atoms with Gasteiger partial charge in [0.1, 0.15) is 0 Å². The van der Waals surface area contributed by atoms with E-state index in [0.717, 1.165) is 60.4 Å². The molecule has 1 fully saturated rings. The Bertz CT molecular complexity index is 807. The molecule has 1 saturated heterocycles. The van der Waals surface area contributed by atoms with Gasteiger partial charge in [-0.1, -0.05) is 27.6 Å². The van der Waals surface area contributed by atoms with Crippen molar-refractivity contribution in [3.63, 3.8) is 0 Å². The second-order valence-electron chi connectivity index (χ2n) is 8.08. The molecule has 26 heavy (non-hydrogen) atoms. The molecule has 1 N–H and O–H groups in total. The Labute approximate surface area is 158 Å². The molecule has 0 saturated carbocycles. The molecule has 5 nitrogen and oxygen atoms in total. The number of nitrogens with zero attached hydrogens (tertiary/aromatic N) is 3. The van der Waals surface area contributed by atoms with Crippen molar-refractivity contribution in [1.82, 2.24) is 19.9 Å². The Morgan fingerprint density at radius 1 is 1.19 bits per heavy atom. The summed E-state index contributed by atoms with van der Waals surface area (Å²) in [6, 6.07) is 7.93. The first-order chi connectivity index (χ1) is 12.2. The fourth-order valence-corrected chi connectivity index (χ4v) is 3.61. The lowest BCUT2D eigenvalue weighted by Crippen LogP contribution is -2.43. The smallest absolute Gasteiger partial charge is 0.252 e. The lowest BCUT2D eigenvalue weighted by molar-refractivity contribution is 0.0918. The van der Waals surface area contributed by atoms with Crippen molar-refractivity contribution < 1.29 is 4.79 Å². The standard InChI is InChI=1S/C20H29N4OP/c1-14-16(13-23-9-11-24(26)12-10-23)18(19(25)22-20(2,3)4)15-7-5-6-8-17(15)21-14/h5-8H,9-13,26H2,1-4H3,(H,22,25). The van der Waals surface area contributed by atoms with Gasteiger partial charge in [0, 0.05) is 54.9 Å². The number of piperazine rings is 1. The van der Waals surface area contributed by atoms with E-state index in [0.29, 0.717) is 0 Å². The summed E-state index contributed by atoms with van der Waals surface area (Å²) in [6.45, 7) is 12.8. The van der Waals surface area contributed by atoms with Gasteiger partial charge in [-0.2, -0.15) is 0 Å². The summed E-state index contributed by atoms with van der Waals surface area (Å²) in [5, 5.41) is 4.07. The highest BCUT2D eigenvalue weighted by molar-refractivity contribution is 7.13. The third kappa shape index (κ3) is 4.40. The van der Waals surface area contributed by atoms with E-state index in [2.05, 4.69) is 24.3 Å². The first-order valence-electron chi connectivity index (χ1n) is 9.17. The minimum Gasteiger partial charge on any atom is -0.347 e. The van der Waals surface area contributed by atoms with E-state index < -0.39 is 0 Å². The zero-order chi connectivity index (χ0) is 18.9. The zero-order valence-electron chi connectivity index (χ0n) is 16.2. The van der Waals surface area contributed by atoms with Crippen LogP contribution >= 0.6 is 9.39 Å². The minimum atomic E-state index is -0.280. The molecular formula is C20H29N4OP. The largest absolute Gasteiger partial charge is 0.347 e. The summed E-state index contributed by atoms with van der Waals surface area (Å²) in [5.74, 6) is -0.0149. The van der Waals surface area contributed by atoms with Crippen LogP contribution in [0.4, 0.5) is 0 Å². The van der Waals surface area contributed by atoms with Crippen LogP contribution in [0.25, 0.3) is 10.9 Å². The first-order valence-corrected chi connectivity index (χ1v) is 9.69. The number of nitrogens with one attached hydrogen (secondary N) is 1. The summed E-state index contributed by atoms with van der Waals surface area (Å²) in [5.41, 5.74) is 3.36. The van der Waals surface area contributed by atoms with Gasteiger partial charge in [0.05, 0.1) is 11.1 Å². The number of para-hydroxylation sites is 1. The van der Waals surface area contributed by atoms with Crippen LogP contribution in [0.1, 0.15) is 42.4 Å². The van der Waals surface area contributed by atoms with E-state index in [1.807, 2.05) is 52.0 Å². The van der Waals surface area contributed by atoms with Crippen molar-refractivity contribution in [1.29, 1.82) is 0 Å². The number of carbonyl (C=O) groups excluding carboxylic acids is 1. The molecule has 1 aliphatic heterocycles. The van der Waals surface area contributed by atoms with E-state index in [1.165, 1.54) is 0 Å². The van der Waals surface area contributed by atoms with Gasteiger partial charge in [0.15, 0.2) is 0 Å². The van der Waals surface area contributed by atoms with Crippen molar-refractivity contribution in [3.05, 3.63) is 41.1 Å². The minimum absolute atomic E-state index is 0.0149. The number of fused-ring (bicyclic) bond motifs is 1. The average Bonchev–Trinajstić information content (AvgIpc) is 2.55. The van der Waals surface area contributed by atoms with Crippen molar-refractivity contribution in [2.45, 2.75) is 39.8 Å². The summed E-state index contributed by atoms with van der Waals surface area (Å²) in [4.78, 5) is 20.4. The van der Waals surface area contributed by atoms with Crippen LogP contribution in [-0.4, -0.2) is 52.2 Å². The Balaban J connectivity index is 2.04. The molecule has 3 rings (SSSR count). The van der Waals surface area contributed by atoms with Crippen molar-refractivity contribution in [3.8, 4) is 0 Å². The highest BCUT2D eigenvalue weighted by Gasteiger charge is 2.24. The summed E-state index contributed by atoms with van der Waals surface area (Å²) >= 11 is 0. The molecular weight excluding hydrogens is 343 g/mol. The molecule has 1 aromatic heterocycles. The second kappa shape index (κ2) is 7.59. The molecule has 1 unspecified atom stereocenters. The third-order valence-electron chi connectivity index (χ3n) is 4.70. The summed E-state index contributed by atoms with van der Waals surface area (Å²) < 4.78 is 2.26. The van der Waals surface area contributed by atoms with Gasteiger partial charge in [0.25, 0.3) is 5.91 Å². The van der Waals surface area contributed by atoms with E-state index in [1.54, 1.807) is 0 Å². The zero-order valence-corrected chi connectivity index (χ0v) is 17.3. The van der Waals surface area contributed by atoms with E-state index >= 15 is 0 Å². The molecule has 0 bridgehead atoms. The van der Waals surface area contributed by atoms with E-state index in [9.17, 15) is 4.79 Å². The van der Waals surface area contributed by atoms with Crippen LogP contribution in [-0.2, 0) is 6.54 Å². The van der Waals surface area contributed by atoms with Gasteiger partial charge < -0.3 is 5.32 Å². The molecule has 0 aliphatic carbocycles. The molecule has 1 aliphatic rings. The van der Waals surface area contributed by atoms with Crippen molar-refractivity contribution in [2.24, 2.45) is 0 Å². The number of benzene rings is 1. The van der Waals surface area contributed by atoms with Gasteiger partial charge in [-0.25, -0.2) is 0 Å². The van der Waals surface area contributed by atoms with Gasteiger partial charge in [-0.3, -0.25) is 19.3 Å². The Hall–Kier alpha value is -1.55. The number of carbonyl (C=O) groups is 1. The molecule has 140 valence electrons. The molecule has 2 aromatic rings. The third-order valence-corrected chi connectivity index (χ3v) is 5.22. The number of aryl methyl sites for hydroxylation is 1. The van der Waals surface area contributed by atoms with Crippen LogP contribution in [0.3, 0.4) is 0 Å². The molecule has 2 heterocycles. The van der Waals surface area contributed by atoms with Gasteiger partial charge in [-0.15, -0.1) is 0 Å². The second-order valence-corrected chi connectivity index (χ2v) is 8.81. The number of pyridine rings is 1. The first kappa shape index (κ1) is 19.2. The van der Waals surface area contributed by atoms with E-state index in [-0.39, 0.29) is 11.4 Å². The van der Waals surface area contributed by atoms with Gasteiger partial charge in [0.2, 0.25) is 0 Å². The van der Waals surface area contributed by atoms with Crippen LogP contribution in [0, 0.1) is 6.92 Å². The number of aromatic nitrogens is 1. The van der Waals surface area contributed by atoms with Crippen LogP contribution in [0.15, 0.2) is 24.3 Å². The predicted octanol–water partition coefficient (Wildman–Crippen LogP) is 2.98. The SMILES string of the molecule is Cc1nc2ccccc2c(C(=O)NC(C)(C)C)c1CN1CCN(P)CC1. The fraction of sp³-hybridized carbons (Fsp3) is 0.500. The monoisotopic (exact) mass is 372 g/mol. The normalized spacial score (nSPS) is 16.8. The Morgan fingerprint density at radius 2 is 1.85 bits per heavy atom. The maximum atomic E-state index is 13.2. The topological polar surface area (TPSA) is 48.5 Å². The quantitative estimate of drug-likeness (QED) is 0.842. The predicted molar refractivity (Wildman–Crippen MR) is 110 cm³/mol. The number of hydrogen-bond acceptors (Lipinski definition) is 4. The highest BCUT2D eigenvalue weighted by Crippen LogP contribution is 2.26. The molecule has 1 aromatic carbocycles. The number of hydrogen-bond donors (Lipinski definition) is 1. The fourth-order valence-electron chi connectivity index (χ4n) is 3.38. The average molecular weight is 372 g/mol. The number of amides is 1. The van der Waals surface area contributed by atoms with E-state index in [4.69, 9.17) is 4.98 Å². The maximum Gasteiger partial charge on any atom is 0.252 e. The lowest BCUT2D eigenvalue weighted by atomic mass is 9.97. The Morgan fingerprint density at radius 3 is 2.50 bits per heavy atom. The van der Waals surface area contributed by atoms with Crippen LogP contribution in [0.2, 0.25) is 0 Å². The maximum absolute atomic E-state index is 13.2. The molecule has 0 radical (unpaired) electrons. The number of rotatable bonds is 3. The van der Waals surface area contributed by atoms with Crippen molar-refractivity contribution in [2.75, 3.05) is 26.2 Å². The lowest BCUT2D eigenvalue weighted by Gasteiger charge is -2.33. The molecule has 1 amide bonds. The van der Waals surface area contributed by atoms with Crippen molar-refractivity contribution >= 4 is 26.2 Å². The molecule has 6 heteroatoms. The van der Waals surface area contributed by atoms with Gasteiger partial charge in [-0.05, 0) is 33.8 Å². The molecule has 0 spiro atoms. The highest BCUT2D eigenvalue weighted by atomic mass is 31.0. The van der Waals surface area contributed by atoms with Crippen LogP contribution < -0.4 is 5.32 Å². The summed E-state index contributed by atoms with van der Waals surface area (Å²) in [7, 11) is 2.77. The van der Waals surface area contributed by atoms with Gasteiger partial charge >= 0.3 is 0 Å². The summed E-state index contributed by atoms with van der Waals surface area (Å²) in [6.07, 6.45) is 0. The Kier molecular flexibility index (Phi) is 5.61. The van der Waals surface area contributed by atoms with Crippen LogP contribution in [0.5, 0.6) is 0 Å².